The maximum Gasteiger partial charge on any atom is 0.214 e. The molecular weight excluding hydrogens is 352 g/mol. The maximum atomic E-state index is 12.3. The molecule has 3 heterocycles. The lowest BCUT2D eigenvalue weighted by Crippen LogP contribution is -2.50. The van der Waals surface area contributed by atoms with E-state index in [0.717, 1.165) is 37.9 Å². The predicted octanol–water partition coefficient (Wildman–Crippen LogP) is 2.60. The summed E-state index contributed by atoms with van der Waals surface area (Å²) in [6, 6.07) is 3.93. The van der Waals surface area contributed by atoms with E-state index in [1.807, 2.05) is 19.1 Å². The van der Waals surface area contributed by atoms with Gasteiger partial charge in [0, 0.05) is 38.7 Å². The molecule has 146 valence electrons. The Balaban J connectivity index is 1.47. The molecule has 2 saturated heterocycles. The van der Waals surface area contributed by atoms with Crippen molar-refractivity contribution in [3.63, 3.8) is 0 Å². The molecule has 0 aromatic carbocycles. The number of hydrogen-bond acceptors (Lipinski definition) is 5. The third-order valence-electron chi connectivity index (χ3n) is 5.65. The fourth-order valence-electron chi connectivity index (χ4n) is 4.17. The van der Waals surface area contributed by atoms with E-state index in [0.29, 0.717) is 38.6 Å². The first kappa shape index (κ1) is 19.7. The Hall–Kier alpha value is -1.02. The first-order valence-corrected chi connectivity index (χ1v) is 11.2. The SMILES string of the molecule is CCCS(=O)(=O)N1CCC2(CC1)OCC[C@H]2CCOCc1ccncc1. The monoisotopic (exact) mass is 382 g/mol. The second-order valence-electron chi connectivity index (χ2n) is 7.31. The molecule has 1 aromatic heterocycles. The third-order valence-corrected chi connectivity index (χ3v) is 7.73. The molecule has 0 radical (unpaired) electrons. The molecule has 0 bridgehead atoms. The summed E-state index contributed by atoms with van der Waals surface area (Å²) in [5, 5.41) is 0. The van der Waals surface area contributed by atoms with Gasteiger partial charge >= 0.3 is 0 Å². The molecule has 6 nitrogen and oxygen atoms in total. The lowest BCUT2D eigenvalue weighted by atomic mass is 9.78. The summed E-state index contributed by atoms with van der Waals surface area (Å²) >= 11 is 0. The average molecular weight is 383 g/mol. The fraction of sp³-hybridized carbons (Fsp3) is 0.737. The summed E-state index contributed by atoms with van der Waals surface area (Å²) in [7, 11) is -3.10. The number of ether oxygens (including phenoxy) is 2. The Morgan fingerprint density at radius 3 is 2.73 bits per heavy atom. The van der Waals surface area contributed by atoms with Crippen LogP contribution in [-0.4, -0.2) is 55.4 Å². The zero-order chi connectivity index (χ0) is 18.5. The minimum Gasteiger partial charge on any atom is -0.377 e. The van der Waals surface area contributed by atoms with Crippen LogP contribution in [0.15, 0.2) is 24.5 Å². The van der Waals surface area contributed by atoms with E-state index in [-0.39, 0.29) is 11.4 Å². The van der Waals surface area contributed by atoms with Crippen LogP contribution in [0.2, 0.25) is 0 Å². The molecule has 0 unspecified atom stereocenters. The Labute approximate surface area is 156 Å². The number of aromatic nitrogens is 1. The molecule has 3 rings (SSSR count). The average Bonchev–Trinajstić information content (AvgIpc) is 3.02. The highest BCUT2D eigenvalue weighted by molar-refractivity contribution is 7.89. The van der Waals surface area contributed by atoms with Crippen molar-refractivity contribution in [3.05, 3.63) is 30.1 Å². The largest absolute Gasteiger partial charge is 0.377 e. The second kappa shape index (κ2) is 8.78. The van der Waals surface area contributed by atoms with Gasteiger partial charge in [0.25, 0.3) is 0 Å². The minimum absolute atomic E-state index is 0.155. The Bertz CT molecular complexity index is 657. The van der Waals surface area contributed by atoms with E-state index in [1.165, 1.54) is 0 Å². The fourth-order valence-corrected chi connectivity index (χ4v) is 5.68. The van der Waals surface area contributed by atoms with E-state index in [4.69, 9.17) is 9.47 Å². The number of sulfonamides is 1. The highest BCUT2D eigenvalue weighted by Crippen LogP contribution is 2.42. The second-order valence-corrected chi connectivity index (χ2v) is 9.40. The zero-order valence-electron chi connectivity index (χ0n) is 15.6. The molecule has 1 atom stereocenters. The van der Waals surface area contributed by atoms with Gasteiger partial charge in [-0.25, -0.2) is 12.7 Å². The van der Waals surface area contributed by atoms with Gasteiger partial charge in [-0.15, -0.1) is 0 Å². The summed E-state index contributed by atoms with van der Waals surface area (Å²) in [6.07, 6.45) is 7.82. The van der Waals surface area contributed by atoms with Crippen LogP contribution in [0.4, 0.5) is 0 Å². The van der Waals surface area contributed by atoms with Crippen molar-refractivity contribution >= 4 is 10.0 Å². The van der Waals surface area contributed by atoms with Crippen molar-refractivity contribution in [2.45, 2.75) is 51.2 Å². The van der Waals surface area contributed by atoms with Crippen molar-refractivity contribution in [2.75, 3.05) is 32.1 Å². The van der Waals surface area contributed by atoms with Gasteiger partial charge in [0.1, 0.15) is 0 Å². The van der Waals surface area contributed by atoms with Gasteiger partial charge in [0.05, 0.1) is 18.0 Å². The van der Waals surface area contributed by atoms with Gasteiger partial charge in [0.2, 0.25) is 10.0 Å². The maximum absolute atomic E-state index is 12.3. The van der Waals surface area contributed by atoms with Crippen LogP contribution in [-0.2, 0) is 26.1 Å². The molecule has 2 aliphatic heterocycles. The van der Waals surface area contributed by atoms with Crippen molar-refractivity contribution in [2.24, 2.45) is 5.92 Å². The molecule has 7 heteroatoms. The van der Waals surface area contributed by atoms with Crippen molar-refractivity contribution in [1.82, 2.24) is 9.29 Å². The molecule has 1 spiro atoms. The van der Waals surface area contributed by atoms with Gasteiger partial charge in [-0.2, -0.15) is 0 Å². The molecule has 2 fully saturated rings. The van der Waals surface area contributed by atoms with Crippen LogP contribution < -0.4 is 0 Å². The van der Waals surface area contributed by atoms with Gasteiger partial charge in [-0.05, 0) is 55.7 Å². The van der Waals surface area contributed by atoms with Gasteiger partial charge in [-0.3, -0.25) is 4.98 Å². The van der Waals surface area contributed by atoms with E-state index in [2.05, 4.69) is 4.98 Å². The molecular formula is C19H30N2O4S. The van der Waals surface area contributed by atoms with Crippen molar-refractivity contribution in [3.8, 4) is 0 Å². The van der Waals surface area contributed by atoms with E-state index >= 15 is 0 Å². The lowest BCUT2D eigenvalue weighted by Gasteiger charge is -2.41. The molecule has 0 aliphatic carbocycles. The number of rotatable bonds is 8. The molecule has 1 aromatic rings. The summed E-state index contributed by atoms with van der Waals surface area (Å²) in [5.41, 5.74) is 0.977. The van der Waals surface area contributed by atoms with E-state index < -0.39 is 10.0 Å². The number of pyridine rings is 1. The smallest absolute Gasteiger partial charge is 0.214 e. The van der Waals surface area contributed by atoms with E-state index in [1.54, 1.807) is 16.7 Å². The number of piperidine rings is 1. The Morgan fingerprint density at radius 1 is 1.31 bits per heavy atom. The van der Waals surface area contributed by atoms with Crippen LogP contribution in [0, 0.1) is 5.92 Å². The molecule has 0 N–H and O–H groups in total. The van der Waals surface area contributed by atoms with E-state index in [9.17, 15) is 8.42 Å². The molecule has 0 saturated carbocycles. The first-order chi connectivity index (χ1) is 12.6. The third kappa shape index (κ3) is 4.63. The van der Waals surface area contributed by atoms with Gasteiger partial charge < -0.3 is 9.47 Å². The minimum atomic E-state index is -3.10. The number of hydrogen-bond donors (Lipinski definition) is 0. The normalized spacial score (nSPS) is 23.5. The van der Waals surface area contributed by atoms with Crippen molar-refractivity contribution < 1.29 is 17.9 Å². The number of nitrogens with zero attached hydrogens (tertiary/aromatic N) is 2. The summed E-state index contributed by atoms with van der Waals surface area (Å²) in [6.45, 7) is 5.15. The standard InChI is InChI=1S/C19H30N2O4S/c1-2-15-26(22,23)21-11-7-19(8-12-21)18(6-14-25-19)5-13-24-16-17-3-9-20-10-4-17/h3-4,9-10,18H,2,5-8,11-16H2,1H3/t18-/m1/s1. The predicted molar refractivity (Wildman–Crippen MR) is 100 cm³/mol. The topological polar surface area (TPSA) is 68.7 Å². The quantitative estimate of drug-likeness (QED) is 0.647. The highest BCUT2D eigenvalue weighted by atomic mass is 32.2. The van der Waals surface area contributed by atoms with Gasteiger partial charge in [0.15, 0.2) is 0 Å². The van der Waals surface area contributed by atoms with Crippen LogP contribution in [0.25, 0.3) is 0 Å². The summed E-state index contributed by atoms with van der Waals surface area (Å²) in [4.78, 5) is 4.01. The van der Waals surface area contributed by atoms with Crippen LogP contribution in [0.5, 0.6) is 0 Å². The van der Waals surface area contributed by atoms with Crippen LogP contribution in [0.3, 0.4) is 0 Å². The van der Waals surface area contributed by atoms with Gasteiger partial charge in [-0.1, -0.05) is 6.92 Å². The Morgan fingerprint density at radius 2 is 2.04 bits per heavy atom. The molecule has 0 amide bonds. The Kier molecular flexibility index (Phi) is 6.66. The summed E-state index contributed by atoms with van der Waals surface area (Å²) < 4.78 is 38.2. The molecule has 26 heavy (non-hydrogen) atoms. The molecule has 2 aliphatic rings. The van der Waals surface area contributed by atoms with Crippen LogP contribution >= 0.6 is 0 Å². The zero-order valence-corrected chi connectivity index (χ0v) is 16.4. The van der Waals surface area contributed by atoms with Crippen molar-refractivity contribution in [1.29, 1.82) is 0 Å². The lowest BCUT2D eigenvalue weighted by molar-refractivity contribution is -0.0618. The summed E-state index contributed by atoms with van der Waals surface area (Å²) in [5.74, 6) is 0.698. The van der Waals surface area contributed by atoms with Crippen LogP contribution in [0.1, 0.15) is 44.6 Å². The highest BCUT2D eigenvalue weighted by Gasteiger charge is 2.47. The first-order valence-electron chi connectivity index (χ1n) is 9.64.